The van der Waals surface area contributed by atoms with Crippen LogP contribution < -0.4 is 9.88 Å². The number of sulfonamides is 1. The first-order valence-corrected chi connectivity index (χ1v) is 9.02. The molecule has 0 unspecified atom stereocenters. The number of methoxy groups -OCH3 is 1. The zero-order chi connectivity index (χ0) is 19.8. The van der Waals surface area contributed by atoms with Gasteiger partial charge in [-0.25, -0.2) is 26.7 Å². The molecule has 2 aromatic carbocycles. The van der Waals surface area contributed by atoms with E-state index in [0.717, 1.165) is 6.07 Å². The van der Waals surface area contributed by atoms with Crippen molar-refractivity contribution < 1.29 is 30.8 Å². The van der Waals surface area contributed by atoms with E-state index in [1.165, 1.54) is 43.5 Å². The number of nitrogens with zero attached hydrogens (tertiary/aromatic N) is 1. The predicted molar refractivity (Wildman–Crippen MR) is 90.2 cm³/mol. The molecule has 1 heterocycles. The lowest BCUT2D eigenvalue weighted by Crippen LogP contribution is -2.11. The van der Waals surface area contributed by atoms with Crippen molar-refractivity contribution in [2.45, 2.75) is 11.3 Å². The molecule has 0 aliphatic carbocycles. The van der Waals surface area contributed by atoms with Crippen LogP contribution in [-0.4, -0.2) is 20.7 Å². The zero-order valence-electron chi connectivity index (χ0n) is 13.8. The van der Waals surface area contributed by atoms with Gasteiger partial charge in [-0.05, 0) is 35.9 Å². The van der Waals surface area contributed by atoms with E-state index in [4.69, 9.17) is 14.4 Å². The van der Waals surface area contributed by atoms with Gasteiger partial charge in [0.25, 0.3) is 6.43 Å². The molecule has 2 N–H and O–H groups in total. The quantitative estimate of drug-likeness (QED) is 0.706. The molecular weight excluding hydrogens is 385 g/mol. The molecule has 10 heteroatoms. The molecule has 3 rings (SSSR count). The number of alkyl halides is 2. The molecule has 1 aromatic heterocycles. The molecule has 0 atom stereocenters. The molecular formula is C17H13F3N2O4S. The van der Waals surface area contributed by atoms with E-state index in [1.54, 1.807) is 0 Å². The van der Waals surface area contributed by atoms with Crippen LogP contribution in [0.3, 0.4) is 0 Å². The van der Waals surface area contributed by atoms with E-state index in [0.29, 0.717) is 0 Å². The second kappa shape index (κ2) is 7.05. The summed E-state index contributed by atoms with van der Waals surface area (Å²) in [6.07, 6.45) is -2.98. The van der Waals surface area contributed by atoms with Gasteiger partial charge in [-0.3, -0.25) is 0 Å². The van der Waals surface area contributed by atoms with Crippen LogP contribution in [-0.2, 0) is 10.0 Å². The number of nitrogens with two attached hydrogens (primary N) is 1. The lowest BCUT2D eigenvalue weighted by atomic mass is 9.99. The van der Waals surface area contributed by atoms with Crippen molar-refractivity contribution in [2.24, 2.45) is 5.14 Å². The van der Waals surface area contributed by atoms with E-state index >= 15 is 0 Å². The van der Waals surface area contributed by atoms with Crippen LogP contribution in [0.4, 0.5) is 13.2 Å². The fourth-order valence-corrected chi connectivity index (χ4v) is 3.07. The third-order valence-electron chi connectivity index (χ3n) is 3.81. The Balaban J connectivity index is 2.17. The minimum Gasteiger partial charge on any atom is -0.494 e. The fraction of sp³-hybridized carbons (Fsp3) is 0.118. The standard InChI is InChI=1S/C17H13F3N2O4S/c1-25-13-7-4-10(8-12(13)18)15-14(16(17(19)20)26-22-15)9-2-5-11(6-3-9)27(21,23)24/h2-8,17H,1H3,(H2,21,23,24). The number of ether oxygens (including phenoxy) is 1. The second-order valence-electron chi connectivity index (χ2n) is 5.49. The Morgan fingerprint density at radius 2 is 1.74 bits per heavy atom. The summed E-state index contributed by atoms with van der Waals surface area (Å²) in [5, 5.41) is 8.68. The molecule has 0 spiro atoms. The van der Waals surface area contributed by atoms with Crippen molar-refractivity contribution in [3.8, 4) is 28.1 Å². The van der Waals surface area contributed by atoms with Crippen molar-refractivity contribution >= 4 is 10.0 Å². The number of hydrogen-bond acceptors (Lipinski definition) is 5. The number of hydrogen-bond donors (Lipinski definition) is 1. The summed E-state index contributed by atoms with van der Waals surface area (Å²) in [5.74, 6) is -1.44. The summed E-state index contributed by atoms with van der Waals surface area (Å²) in [5.41, 5.74) is 0.311. The molecule has 0 radical (unpaired) electrons. The first-order chi connectivity index (χ1) is 12.7. The zero-order valence-corrected chi connectivity index (χ0v) is 14.6. The van der Waals surface area contributed by atoms with Crippen LogP contribution in [0.25, 0.3) is 22.4 Å². The van der Waals surface area contributed by atoms with Crippen LogP contribution in [0.2, 0.25) is 0 Å². The summed E-state index contributed by atoms with van der Waals surface area (Å²) >= 11 is 0. The lowest BCUT2D eigenvalue weighted by Gasteiger charge is -2.07. The van der Waals surface area contributed by atoms with Gasteiger partial charge in [0.1, 0.15) is 5.69 Å². The second-order valence-corrected chi connectivity index (χ2v) is 7.05. The summed E-state index contributed by atoms with van der Waals surface area (Å²) in [4.78, 5) is -0.182. The number of aromatic nitrogens is 1. The maximum atomic E-state index is 14.0. The minimum atomic E-state index is -3.94. The summed E-state index contributed by atoms with van der Waals surface area (Å²) in [6.45, 7) is 0. The average Bonchev–Trinajstić information content (AvgIpc) is 3.06. The predicted octanol–water partition coefficient (Wildman–Crippen LogP) is 3.74. The van der Waals surface area contributed by atoms with Crippen molar-refractivity contribution in [3.63, 3.8) is 0 Å². The van der Waals surface area contributed by atoms with Gasteiger partial charge in [0.05, 0.1) is 17.6 Å². The van der Waals surface area contributed by atoms with Gasteiger partial charge in [0.15, 0.2) is 11.6 Å². The Bertz CT molecular complexity index is 1080. The molecule has 27 heavy (non-hydrogen) atoms. The highest BCUT2D eigenvalue weighted by atomic mass is 32.2. The molecule has 142 valence electrons. The van der Waals surface area contributed by atoms with Gasteiger partial charge in [-0.15, -0.1) is 0 Å². The Hall–Kier alpha value is -2.85. The molecule has 3 aromatic rings. The van der Waals surface area contributed by atoms with E-state index in [9.17, 15) is 21.6 Å². The number of benzene rings is 2. The van der Waals surface area contributed by atoms with Crippen molar-refractivity contribution in [2.75, 3.05) is 7.11 Å². The van der Waals surface area contributed by atoms with Crippen LogP contribution >= 0.6 is 0 Å². The SMILES string of the molecule is COc1ccc(-c2noc(C(F)F)c2-c2ccc(S(N)(=O)=O)cc2)cc1F. The molecule has 0 saturated carbocycles. The highest BCUT2D eigenvalue weighted by molar-refractivity contribution is 7.89. The van der Waals surface area contributed by atoms with Gasteiger partial charge >= 0.3 is 0 Å². The maximum absolute atomic E-state index is 14.0. The molecule has 6 nitrogen and oxygen atoms in total. The molecule has 0 aliphatic heterocycles. The summed E-state index contributed by atoms with van der Waals surface area (Å²) < 4.78 is 73.1. The average molecular weight is 398 g/mol. The Labute approximate surface area is 152 Å². The van der Waals surface area contributed by atoms with Gasteiger partial charge in [-0.2, -0.15) is 0 Å². The molecule has 0 fully saturated rings. The van der Waals surface area contributed by atoms with Crippen LogP contribution in [0.5, 0.6) is 5.75 Å². The monoisotopic (exact) mass is 398 g/mol. The highest BCUT2D eigenvalue weighted by Crippen LogP contribution is 2.40. The molecule has 0 saturated heterocycles. The summed E-state index contributed by atoms with van der Waals surface area (Å²) in [7, 11) is -2.65. The normalized spacial score (nSPS) is 11.8. The molecule has 0 aliphatic rings. The number of halogens is 3. The van der Waals surface area contributed by atoms with Gasteiger partial charge in [-0.1, -0.05) is 17.3 Å². The van der Waals surface area contributed by atoms with Crippen molar-refractivity contribution in [1.29, 1.82) is 0 Å². The van der Waals surface area contributed by atoms with Crippen LogP contribution in [0.1, 0.15) is 12.2 Å². The maximum Gasteiger partial charge on any atom is 0.298 e. The van der Waals surface area contributed by atoms with Crippen molar-refractivity contribution in [1.82, 2.24) is 5.16 Å². The lowest BCUT2D eigenvalue weighted by molar-refractivity contribution is 0.113. The first kappa shape index (κ1) is 18.9. The highest BCUT2D eigenvalue weighted by Gasteiger charge is 2.26. The first-order valence-electron chi connectivity index (χ1n) is 7.47. The smallest absolute Gasteiger partial charge is 0.298 e. The van der Waals surface area contributed by atoms with Gasteiger partial charge in [0.2, 0.25) is 15.8 Å². The third kappa shape index (κ3) is 3.67. The van der Waals surface area contributed by atoms with E-state index in [1.807, 2.05) is 0 Å². The van der Waals surface area contributed by atoms with E-state index < -0.39 is 28.0 Å². The van der Waals surface area contributed by atoms with Crippen LogP contribution in [0, 0.1) is 5.82 Å². The van der Waals surface area contributed by atoms with Gasteiger partial charge in [0, 0.05) is 5.56 Å². The Kier molecular flexibility index (Phi) is 4.94. The Morgan fingerprint density at radius 3 is 2.26 bits per heavy atom. The van der Waals surface area contributed by atoms with E-state index in [-0.39, 0.29) is 33.0 Å². The molecule has 0 bridgehead atoms. The van der Waals surface area contributed by atoms with E-state index in [2.05, 4.69) is 5.16 Å². The largest absolute Gasteiger partial charge is 0.494 e. The minimum absolute atomic E-state index is 0.0182. The fourth-order valence-electron chi connectivity index (χ4n) is 2.55. The van der Waals surface area contributed by atoms with Gasteiger partial charge < -0.3 is 9.26 Å². The number of rotatable bonds is 5. The number of primary sulfonamides is 1. The Morgan fingerprint density at radius 1 is 1.11 bits per heavy atom. The van der Waals surface area contributed by atoms with Crippen molar-refractivity contribution in [3.05, 3.63) is 54.0 Å². The summed E-state index contributed by atoms with van der Waals surface area (Å²) in [6, 6.07) is 8.78. The topological polar surface area (TPSA) is 95.4 Å². The van der Waals surface area contributed by atoms with Crippen LogP contribution in [0.15, 0.2) is 51.9 Å². The molecule has 0 amide bonds. The third-order valence-corrected chi connectivity index (χ3v) is 4.74.